The molecule has 2 unspecified atom stereocenters. The molecule has 0 radical (unpaired) electrons. The minimum atomic E-state index is 0.00838. The molecule has 0 aliphatic carbocycles. The van der Waals surface area contributed by atoms with E-state index in [9.17, 15) is 9.59 Å². The predicted molar refractivity (Wildman–Crippen MR) is 111 cm³/mol. The molecule has 2 atom stereocenters. The molecule has 0 spiro atoms. The van der Waals surface area contributed by atoms with Gasteiger partial charge in [-0.3, -0.25) is 14.5 Å². The second-order valence-electron chi connectivity index (χ2n) is 8.35. The zero-order chi connectivity index (χ0) is 19.0. The predicted octanol–water partition coefficient (Wildman–Crippen LogP) is 1.66. The largest absolute Gasteiger partial charge is 0.324 e. The van der Waals surface area contributed by atoms with Crippen molar-refractivity contribution in [3.05, 3.63) is 28.2 Å². The molecule has 148 valence electrons. The summed E-state index contributed by atoms with van der Waals surface area (Å²) in [4.78, 5) is 29.7. The normalized spacial score (nSPS) is 26.6. The molecule has 1 N–H and O–H groups in total. The highest BCUT2D eigenvalue weighted by atomic mass is 32.2. The Hall–Kier alpha value is -1.31. The summed E-state index contributed by atoms with van der Waals surface area (Å²) < 4.78 is 1.93. The highest BCUT2D eigenvalue weighted by Crippen LogP contribution is 2.39. The fourth-order valence-electron chi connectivity index (χ4n) is 5.13. The molecule has 0 aromatic carbocycles. The van der Waals surface area contributed by atoms with E-state index >= 15 is 0 Å². The van der Waals surface area contributed by atoms with E-state index in [4.69, 9.17) is 0 Å². The van der Waals surface area contributed by atoms with Gasteiger partial charge in [-0.25, -0.2) is 0 Å². The minimum absolute atomic E-state index is 0.00838. The maximum atomic E-state index is 12.5. The number of carbonyl (C=O) groups is 1. The molecule has 2 bridgehead atoms. The Morgan fingerprint density at radius 2 is 2.00 bits per heavy atom. The number of thioether (sulfide) groups is 1. The number of hydrogen-bond donors (Lipinski definition) is 1. The Bertz CT molecular complexity index is 757. The molecule has 3 aliphatic rings. The summed E-state index contributed by atoms with van der Waals surface area (Å²) in [6.45, 7) is 5.21. The molecule has 1 aromatic heterocycles. The van der Waals surface area contributed by atoms with Crippen LogP contribution in [-0.4, -0.2) is 71.6 Å². The van der Waals surface area contributed by atoms with Crippen LogP contribution in [0.4, 0.5) is 5.69 Å². The Morgan fingerprint density at radius 3 is 2.74 bits per heavy atom. The molecule has 27 heavy (non-hydrogen) atoms. The van der Waals surface area contributed by atoms with Crippen LogP contribution in [0.1, 0.15) is 30.9 Å². The lowest BCUT2D eigenvalue weighted by molar-refractivity contribution is -0.113. The summed E-state index contributed by atoms with van der Waals surface area (Å²) in [6.07, 6.45) is 5.51. The van der Waals surface area contributed by atoms with E-state index in [-0.39, 0.29) is 11.5 Å². The SMILES string of the molecule is CSCC(=O)Nc1ccc(=O)n2c1C1CC(CN(C3CCN(C)CC3)C1)C2. The van der Waals surface area contributed by atoms with E-state index in [2.05, 4.69) is 22.2 Å². The van der Waals surface area contributed by atoms with Crippen molar-refractivity contribution in [2.24, 2.45) is 5.92 Å². The molecule has 3 aliphatic heterocycles. The fourth-order valence-corrected chi connectivity index (χ4v) is 5.47. The van der Waals surface area contributed by atoms with Crippen LogP contribution in [0, 0.1) is 5.92 Å². The van der Waals surface area contributed by atoms with Crippen LogP contribution < -0.4 is 10.9 Å². The van der Waals surface area contributed by atoms with E-state index in [1.165, 1.54) is 37.7 Å². The molecule has 2 saturated heterocycles. The lowest BCUT2D eigenvalue weighted by Crippen LogP contribution is -2.53. The van der Waals surface area contributed by atoms with Gasteiger partial charge in [-0.05, 0) is 57.6 Å². The van der Waals surface area contributed by atoms with Crippen molar-refractivity contribution in [3.63, 3.8) is 0 Å². The Morgan fingerprint density at radius 1 is 1.22 bits per heavy atom. The van der Waals surface area contributed by atoms with Crippen LogP contribution in [0.15, 0.2) is 16.9 Å². The number of fused-ring (bicyclic) bond motifs is 4. The van der Waals surface area contributed by atoms with E-state index < -0.39 is 0 Å². The number of rotatable bonds is 4. The summed E-state index contributed by atoms with van der Waals surface area (Å²) >= 11 is 1.51. The molecular formula is C20H30N4O2S. The lowest BCUT2D eigenvalue weighted by Gasteiger charge is -2.47. The minimum Gasteiger partial charge on any atom is -0.324 e. The highest BCUT2D eigenvalue weighted by Gasteiger charge is 2.38. The number of anilines is 1. The third-order valence-corrected chi connectivity index (χ3v) is 6.92. The van der Waals surface area contributed by atoms with Crippen LogP contribution in [0.5, 0.6) is 0 Å². The van der Waals surface area contributed by atoms with Crippen LogP contribution in [0.3, 0.4) is 0 Å². The monoisotopic (exact) mass is 390 g/mol. The van der Waals surface area contributed by atoms with Gasteiger partial charge in [0.15, 0.2) is 0 Å². The van der Waals surface area contributed by atoms with Gasteiger partial charge in [0.1, 0.15) is 0 Å². The van der Waals surface area contributed by atoms with Crippen molar-refractivity contribution in [3.8, 4) is 0 Å². The van der Waals surface area contributed by atoms with Crippen LogP contribution in [0.25, 0.3) is 0 Å². The zero-order valence-electron chi connectivity index (χ0n) is 16.3. The van der Waals surface area contributed by atoms with Gasteiger partial charge in [0.2, 0.25) is 5.91 Å². The summed E-state index contributed by atoms with van der Waals surface area (Å²) in [7, 11) is 2.20. The number of carbonyl (C=O) groups excluding carboxylic acids is 1. The number of piperidine rings is 2. The molecule has 1 aromatic rings. The van der Waals surface area contributed by atoms with E-state index in [1.807, 2.05) is 10.8 Å². The first-order valence-corrected chi connectivity index (χ1v) is 11.4. The van der Waals surface area contributed by atoms with Gasteiger partial charge in [-0.1, -0.05) is 0 Å². The van der Waals surface area contributed by atoms with Crippen LogP contribution in [0.2, 0.25) is 0 Å². The van der Waals surface area contributed by atoms with Gasteiger partial charge in [-0.15, -0.1) is 0 Å². The number of nitrogens with zero attached hydrogens (tertiary/aromatic N) is 3. The maximum absolute atomic E-state index is 12.5. The Labute approximate surface area is 165 Å². The maximum Gasteiger partial charge on any atom is 0.250 e. The van der Waals surface area contributed by atoms with Gasteiger partial charge < -0.3 is 14.8 Å². The van der Waals surface area contributed by atoms with Crippen LogP contribution >= 0.6 is 11.8 Å². The van der Waals surface area contributed by atoms with E-state index in [1.54, 1.807) is 12.1 Å². The van der Waals surface area contributed by atoms with Crippen molar-refractivity contribution in [1.82, 2.24) is 14.4 Å². The summed E-state index contributed by atoms with van der Waals surface area (Å²) in [5.74, 6) is 1.31. The Kier molecular flexibility index (Phi) is 5.62. The summed E-state index contributed by atoms with van der Waals surface area (Å²) in [6, 6.07) is 4.07. The molecular weight excluding hydrogens is 360 g/mol. The van der Waals surface area contributed by atoms with Crippen LogP contribution in [-0.2, 0) is 11.3 Å². The Balaban J connectivity index is 1.59. The number of nitrogens with one attached hydrogen (secondary N) is 1. The molecule has 1 amide bonds. The van der Waals surface area contributed by atoms with Gasteiger partial charge in [0.05, 0.1) is 11.4 Å². The van der Waals surface area contributed by atoms with Crippen molar-refractivity contribution >= 4 is 23.4 Å². The summed E-state index contributed by atoms with van der Waals surface area (Å²) in [5.41, 5.74) is 1.95. The third kappa shape index (κ3) is 3.96. The second kappa shape index (κ2) is 7.97. The van der Waals surface area contributed by atoms with Crippen molar-refractivity contribution in [2.75, 3.05) is 50.6 Å². The smallest absolute Gasteiger partial charge is 0.250 e. The fraction of sp³-hybridized carbons (Fsp3) is 0.700. The number of aromatic nitrogens is 1. The third-order valence-electron chi connectivity index (χ3n) is 6.37. The van der Waals surface area contributed by atoms with E-state index in [0.717, 1.165) is 37.4 Å². The number of hydrogen-bond acceptors (Lipinski definition) is 5. The summed E-state index contributed by atoms with van der Waals surface area (Å²) in [5, 5.41) is 3.06. The standard InChI is InChI=1S/C20H30N4O2S/c1-22-7-5-16(6-8-22)23-10-14-9-15(12-23)20-17(21-18(25)13-27-2)3-4-19(26)24(20)11-14/h3-4,14-16H,5-13H2,1-2H3,(H,21,25). The molecule has 4 heterocycles. The van der Waals surface area contributed by atoms with Gasteiger partial charge in [0.25, 0.3) is 5.56 Å². The topological polar surface area (TPSA) is 57.6 Å². The lowest BCUT2D eigenvalue weighted by atomic mass is 9.81. The molecule has 6 nitrogen and oxygen atoms in total. The van der Waals surface area contributed by atoms with Gasteiger partial charge in [0, 0.05) is 43.4 Å². The molecule has 4 rings (SSSR count). The average Bonchev–Trinajstić information content (AvgIpc) is 2.64. The number of pyridine rings is 1. The molecule has 2 fully saturated rings. The van der Waals surface area contributed by atoms with Gasteiger partial charge in [-0.2, -0.15) is 11.8 Å². The molecule has 7 heteroatoms. The first kappa shape index (κ1) is 19.0. The van der Waals surface area contributed by atoms with Gasteiger partial charge >= 0.3 is 0 Å². The average molecular weight is 391 g/mol. The number of likely N-dealkylation sites (tertiary alicyclic amines) is 2. The quantitative estimate of drug-likeness (QED) is 0.847. The first-order valence-electron chi connectivity index (χ1n) is 10.00. The second-order valence-corrected chi connectivity index (χ2v) is 9.22. The van der Waals surface area contributed by atoms with Crippen molar-refractivity contribution in [1.29, 1.82) is 0 Å². The van der Waals surface area contributed by atoms with Crippen molar-refractivity contribution in [2.45, 2.75) is 37.8 Å². The zero-order valence-corrected chi connectivity index (χ0v) is 17.1. The number of amides is 1. The first-order chi connectivity index (χ1) is 13.0. The van der Waals surface area contributed by atoms with Crippen molar-refractivity contribution < 1.29 is 4.79 Å². The molecule has 0 saturated carbocycles. The van der Waals surface area contributed by atoms with E-state index in [0.29, 0.717) is 23.6 Å². The highest BCUT2D eigenvalue weighted by molar-refractivity contribution is 7.99.